The Balaban J connectivity index is 0.736. The van der Waals surface area contributed by atoms with Crippen molar-refractivity contribution in [1.82, 2.24) is 0 Å². The first kappa shape index (κ1) is 37.7. The number of oxime groups is 1. The predicted octanol–water partition coefficient (Wildman–Crippen LogP) is 8.46. The summed E-state index contributed by atoms with van der Waals surface area (Å²) in [6.07, 6.45) is 17.3. The lowest BCUT2D eigenvalue weighted by Gasteiger charge is -2.51. The van der Waals surface area contributed by atoms with E-state index < -0.39 is 5.60 Å². The Hall–Kier alpha value is -4.99. The molecule has 70 heavy (non-hydrogen) atoms. The van der Waals surface area contributed by atoms with Crippen molar-refractivity contribution in [3.63, 3.8) is 0 Å². The first-order chi connectivity index (χ1) is 34.4. The van der Waals surface area contributed by atoms with Crippen molar-refractivity contribution in [2.45, 2.75) is 63.9 Å². The highest BCUT2D eigenvalue weighted by Crippen LogP contribution is 2.79. The molecule has 11 atom stereocenters. The van der Waals surface area contributed by atoms with E-state index in [-0.39, 0.29) is 28.6 Å². The Morgan fingerprint density at radius 1 is 0.671 bits per heavy atom. The molecular weight excluding hydrogens is 871 g/mol. The zero-order chi connectivity index (χ0) is 45.1. The molecule has 0 N–H and O–H groups in total. The quantitative estimate of drug-likeness (QED) is 0.166. The van der Waals surface area contributed by atoms with Crippen molar-refractivity contribution in [2.24, 2.45) is 69.2 Å². The molecule has 8 heteroatoms. The zero-order valence-corrected chi connectivity index (χ0v) is 39.9. The van der Waals surface area contributed by atoms with E-state index >= 15 is 0 Å². The number of fused-ring (bicyclic) bond motifs is 1. The Morgan fingerprint density at radius 2 is 1.44 bits per heavy atom. The van der Waals surface area contributed by atoms with Crippen LogP contribution in [0, 0.1) is 64.1 Å². The highest BCUT2D eigenvalue weighted by Gasteiger charge is 2.75. The summed E-state index contributed by atoms with van der Waals surface area (Å²) in [7, 11) is 0. The average Bonchev–Trinajstić information content (AvgIpc) is 4.21. The summed E-state index contributed by atoms with van der Waals surface area (Å²) in [5.74, 6) is 5.86. The van der Waals surface area contributed by atoms with E-state index in [9.17, 15) is 0 Å². The van der Waals surface area contributed by atoms with Crippen LogP contribution < -0.4 is 19.9 Å². The van der Waals surface area contributed by atoms with Crippen LogP contribution in [-0.4, -0.2) is 77.4 Å². The van der Waals surface area contributed by atoms with Crippen molar-refractivity contribution >= 4 is 33.6 Å². The van der Waals surface area contributed by atoms with Gasteiger partial charge in [-0.1, -0.05) is 54.5 Å². The Labute approximate surface area is 406 Å². The smallest absolute Gasteiger partial charge is 0.157 e. The van der Waals surface area contributed by atoms with Gasteiger partial charge in [-0.2, -0.15) is 0 Å². The Kier molecular flexibility index (Phi) is 6.43. The van der Waals surface area contributed by atoms with E-state index in [0.29, 0.717) is 61.9 Å². The molecule has 20 rings (SSSR count). The Bertz CT molecular complexity index is 3490. The maximum Gasteiger partial charge on any atom is 0.157 e. The van der Waals surface area contributed by atoms with Crippen LogP contribution in [0.3, 0.4) is 0 Å². The van der Waals surface area contributed by atoms with Crippen LogP contribution in [0.25, 0.3) is 27.9 Å². The van der Waals surface area contributed by atoms with Crippen molar-refractivity contribution in [3.05, 3.63) is 131 Å². The highest BCUT2D eigenvalue weighted by molar-refractivity contribution is 6.17. The van der Waals surface area contributed by atoms with Crippen molar-refractivity contribution in [2.75, 3.05) is 66.1 Å². The molecule has 0 amide bonds. The van der Waals surface area contributed by atoms with Gasteiger partial charge in [0.15, 0.2) is 5.60 Å². The third kappa shape index (κ3) is 4.00. The molecule has 15 aliphatic carbocycles. The molecule has 18 aliphatic rings. The number of hydrogen-bond acceptors (Lipinski definition) is 8. The van der Waals surface area contributed by atoms with Crippen LogP contribution in [0.5, 0.6) is 11.5 Å². The molecule has 4 saturated carbocycles. The topological polar surface area (TPSA) is 77.0 Å². The van der Waals surface area contributed by atoms with Crippen LogP contribution in [0.4, 0.5) is 0 Å². The Morgan fingerprint density at radius 3 is 2.20 bits per heavy atom. The first-order valence-electron chi connectivity index (χ1n) is 27.1. The lowest BCUT2D eigenvalue weighted by molar-refractivity contribution is -0.138. The molecule has 3 heterocycles. The molecule has 3 aliphatic heterocycles. The van der Waals surface area contributed by atoms with Crippen LogP contribution in [-0.2, 0) is 23.8 Å². The predicted molar refractivity (Wildman–Crippen MR) is 262 cm³/mol. The monoisotopic (exact) mass is 925 g/mol. The standard InChI is InChI=1S/C62H55NO7/c1-60(22-66-23-60)20-64-5-3-7-68-34-15-32(16-35(18-34)69-8-4-6-65-21-61(2)24-67-25-61)59-57-36-17-31-13-28-11-29-10-26-9-27-12-30-14-33-19-62(57,70-63-59)58-43(33)48-42(30)47-38(27)37(26)45-41(29)46-39(28)40(31)49-44(36)56(58)55-53(48)51(47)50(45)52(46)54(49)55/h11-12,14-18,26-27,36-37,41,43-44,46,57-58H,3-10,13,19-25H2,1-2H3. The molecule has 0 radical (unpaired) electrons. The number of benzene rings is 2. The van der Waals surface area contributed by atoms with Gasteiger partial charge in [-0.25, -0.2) is 0 Å². The molecule has 0 bridgehead atoms. The zero-order valence-electron chi connectivity index (χ0n) is 39.9. The van der Waals surface area contributed by atoms with Gasteiger partial charge in [-0.3, -0.25) is 0 Å². The van der Waals surface area contributed by atoms with E-state index in [0.717, 1.165) is 94.0 Å². The highest BCUT2D eigenvalue weighted by atomic mass is 16.7. The van der Waals surface area contributed by atoms with Crippen molar-refractivity contribution in [1.29, 1.82) is 0 Å². The summed E-state index contributed by atoms with van der Waals surface area (Å²) >= 11 is 0. The fourth-order valence-electron chi connectivity index (χ4n) is 19.6. The van der Waals surface area contributed by atoms with E-state index in [4.69, 9.17) is 38.4 Å². The van der Waals surface area contributed by atoms with E-state index in [1.165, 1.54) is 18.4 Å². The van der Waals surface area contributed by atoms with Gasteiger partial charge >= 0.3 is 0 Å². The van der Waals surface area contributed by atoms with Gasteiger partial charge in [0.05, 0.1) is 64.5 Å². The SMILES string of the molecule is CC1(COCCCOc2cc(OCCCOCC3(C)COC3)cc(C3=NOC45CC6=CC7=CC8CC9CC%10=CC%11=C%12C%13=C%14c%15c%16c%17c%18c%19c%15=C(C%14C(C=C%13C%11)C34)C5C6C%19=C7C%18=C8C9C=%17C%10C%12%16)c2)COC1. The van der Waals surface area contributed by atoms with Gasteiger partial charge in [0.1, 0.15) is 11.5 Å². The second kappa shape index (κ2) is 11.9. The minimum absolute atomic E-state index is 0.0785. The number of rotatable bonds is 15. The summed E-state index contributed by atoms with van der Waals surface area (Å²) < 4.78 is 36.5. The summed E-state index contributed by atoms with van der Waals surface area (Å²) in [5.41, 5.74) is 32.6. The molecule has 350 valence electrons. The summed E-state index contributed by atoms with van der Waals surface area (Å²) in [6, 6.07) is 6.56. The van der Waals surface area contributed by atoms with Gasteiger partial charge < -0.3 is 33.3 Å². The lowest BCUT2D eigenvalue weighted by atomic mass is 9.51. The van der Waals surface area contributed by atoms with Crippen LogP contribution in [0.2, 0.25) is 0 Å². The maximum absolute atomic E-state index is 7.46. The fraction of sp³-hybridized carbons (Fsp3) is 0.500. The van der Waals surface area contributed by atoms with Gasteiger partial charge in [0.25, 0.3) is 0 Å². The summed E-state index contributed by atoms with van der Waals surface area (Å²) in [6.45, 7) is 11.4. The van der Waals surface area contributed by atoms with E-state index in [1.54, 1.807) is 94.0 Å². The number of allylic oxidation sites excluding steroid dienone is 15. The van der Waals surface area contributed by atoms with Crippen molar-refractivity contribution in [3.8, 4) is 11.5 Å². The van der Waals surface area contributed by atoms with E-state index in [2.05, 4.69) is 56.4 Å². The average molecular weight is 926 g/mol. The molecule has 2 aromatic rings. The molecule has 2 saturated heterocycles. The molecule has 6 fully saturated rings. The second-order valence-electron chi connectivity index (χ2n) is 25.7. The largest absolute Gasteiger partial charge is 0.493 e. The molecular formula is C62H55NO7. The number of ether oxygens (including phenoxy) is 6. The third-order valence-electron chi connectivity index (χ3n) is 21.6. The molecule has 0 aromatic heterocycles. The van der Waals surface area contributed by atoms with Gasteiger partial charge in [-0.15, -0.1) is 0 Å². The summed E-state index contributed by atoms with van der Waals surface area (Å²) in [5, 5.41) is 8.87. The van der Waals surface area contributed by atoms with E-state index in [1.807, 2.05) is 11.1 Å². The van der Waals surface area contributed by atoms with Gasteiger partial charge in [0, 0.05) is 102 Å². The third-order valence-corrected chi connectivity index (χ3v) is 21.6. The van der Waals surface area contributed by atoms with Gasteiger partial charge in [-0.05, 0) is 137 Å². The minimum atomic E-state index is -0.473. The normalized spacial score (nSPS) is 38.1. The molecule has 1 spiro atoms. The van der Waals surface area contributed by atoms with Crippen LogP contribution in [0.1, 0.15) is 86.1 Å². The molecule has 2 aromatic carbocycles. The minimum Gasteiger partial charge on any atom is -0.493 e. The van der Waals surface area contributed by atoms with Crippen molar-refractivity contribution < 1.29 is 33.3 Å². The first-order valence-corrected chi connectivity index (χ1v) is 27.1. The second-order valence-corrected chi connectivity index (χ2v) is 25.7. The molecule has 11 unspecified atom stereocenters. The molecule has 8 nitrogen and oxygen atoms in total. The maximum atomic E-state index is 7.46. The van der Waals surface area contributed by atoms with Gasteiger partial charge in [0.2, 0.25) is 0 Å². The fourth-order valence-corrected chi connectivity index (χ4v) is 19.6. The number of nitrogens with zero attached hydrogens (tertiary/aromatic N) is 1. The summed E-state index contributed by atoms with van der Waals surface area (Å²) in [4.78, 5) is 7.46. The lowest BCUT2D eigenvalue weighted by Crippen LogP contribution is -2.56. The van der Waals surface area contributed by atoms with Crippen LogP contribution in [0.15, 0.2) is 97.8 Å². The number of hydrogen-bond donors (Lipinski definition) is 0. The van der Waals surface area contributed by atoms with Crippen LogP contribution >= 0.6 is 0 Å².